The third kappa shape index (κ3) is 20.3. The Morgan fingerprint density at radius 1 is 0.625 bits per heavy atom. The lowest BCUT2D eigenvalue weighted by Crippen LogP contribution is -2.08. The van der Waals surface area contributed by atoms with Crippen LogP contribution in [-0.2, 0) is 28.7 Å². The zero-order valence-corrected chi connectivity index (χ0v) is 23.0. The number of carbonyl (C=O) groups excluding carboxylic acids is 4. The molecule has 0 aromatic rings. The molecule has 0 aromatic heterocycles. The van der Waals surface area contributed by atoms with E-state index in [2.05, 4.69) is 9.47 Å². The molecule has 2 atom stereocenters. The van der Waals surface area contributed by atoms with Gasteiger partial charge in [-0.05, 0) is 38.5 Å². The summed E-state index contributed by atoms with van der Waals surface area (Å²) in [6, 6.07) is 0. The second kappa shape index (κ2) is 21.2. The van der Waals surface area contributed by atoms with Gasteiger partial charge < -0.3 is 9.47 Å². The van der Waals surface area contributed by atoms with Gasteiger partial charge >= 0.3 is 11.9 Å². The maximum absolute atomic E-state index is 11.5. The zero-order valence-electron chi connectivity index (χ0n) is 19.7. The number of thioether (sulfide) groups is 2. The topological polar surface area (TPSA) is 86.7 Å². The summed E-state index contributed by atoms with van der Waals surface area (Å²) in [5, 5.41) is 0.844. The first kappa shape index (κ1) is 31.7. The van der Waals surface area contributed by atoms with Crippen LogP contribution in [0.25, 0.3) is 0 Å². The van der Waals surface area contributed by atoms with Crippen LogP contribution in [0.4, 0.5) is 0 Å². The van der Waals surface area contributed by atoms with Crippen molar-refractivity contribution in [2.24, 2.45) is 0 Å². The number of methoxy groups -OCH3 is 2. The molecule has 186 valence electrons. The van der Waals surface area contributed by atoms with Crippen LogP contribution in [0.1, 0.15) is 78.1 Å². The van der Waals surface area contributed by atoms with Gasteiger partial charge in [-0.1, -0.05) is 58.0 Å². The molecule has 0 spiro atoms. The predicted molar refractivity (Wildman–Crippen MR) is 139 cm³/mol. The van der Waals surface area contributed by atoms with E-state index in [0.29, 0.717) is 12.8 Å². The highest BCUT2D eigenvalue weighted by Gasteiger charge is 2.14. The first-order valence-corrected chi connectivity index (χ1v) is 15.3. The van der Waals surface area contributed by atoms with Crippen molar-refractivity contribution in [3.63, 3.8) is 0 Å². The molecule has 0 bridgehead atoms. The number of esters is 2. The van der Waals surface area contributed by atoms with Crippen LogP contribution < -0.4 is 0 Å². The van der Waals surface area contributed by atoms with Gasteiger partial charge in [0, 0.05) is 48.7 Å². The normalized spacial score (nSPS) is 12.8. The molecule has 0 aliphatic carbocycles. The number of rotatable bonds is 19. The van der Waals surface area contributed by atoms with Gasteiger partial charge in [0.1, 0.15) is 0 Å². The molecule has 10 heteroatoms. The molecule has 32 heavy (non-hydrogen) atoms. The number of ether oxygens (including phenoxy) is 2. The lowest BCUT2D eigenvalue weighted by atomic mass is 10.1. The van der Waals surface area contributed by atoms with E-state index in [-0.39, 0.29) is 32.7 Å². The van der Waals surface area contributed by atoms with Crippen molar-refractivity contribution >= 4 is 67.3 Å². The van der Waals surface area contributed by atoms with Gasteiger partial charge in [0.2, 0.25) is 0 Å². The van der Waals surface area contributed by atoms with Gasteiger partial charge in [-0.25, -0.2) is 0 Å². The van der Waals surface area contributed by atoms with Crippen LogP contribution in [-0.4, -0.2) is 58.4 Å². The highest BCUT2D eigenvalue weighted by molar-refractivity contribution is 8.76. The van der Waals surface area contributed by atoms with Gasteiger partial charge in [0.05, 0.1) is 14.2 Å². The average molecular weight is 527 g/mol. The standard InChI is InChI=1S/C22H38O6S4/c1-17(23)31-19(9-5-7-11-21(25)27-3)13-15-29-30-16-14-20(32-18(2)24)10-6-8-12-22(26)28-4/h19-20H,5-16H2,1-4H3. The maximum Gasteiger partial charge on any atom is 0.305 e. The Balaban J connectivity index is 4.09. The van der Waals surface area contributed by atoms with Crippen molar-refractivity contribution in [2.45, 2.75) is 88.6 Å². The van der Waals surface area contributed by atoms with Crippen molar-refractivity contribution < 1.29 is 28.7 Å². The summed E-state index contributed by atoms with van der Waals surface area (Å²) < 4.78 is 9.32. The summed E-state index contributed by atoms with van der Waals surface area (Å²) in [5.74, 6) is 1.57. The molecule has 0 N–H and O–H groups in total. The second-order valence-corrected chi connectivity index (χ2v) is 13.0. The van der Waals surface area contributed by atoms with Gasteiger partial charge in [-0.2, -0.15) is 0 Å². The molecule has 2 unspecified atom stereocenters. The summed E-state index contributed by atoms with van der Waals surface area (Å²) in [6.07, 6.45) is 8.04. The van der Waals surface area contributed by atoms with E-state index in [1.54, 1.807) is 13.8 Å². The van der Waals surface area contributed by atoms with Crippen LogP contribution in [0.2, 0.25) is 0 Å². The summed E-state index contributed by atoms with van der Waals surface area (Å²) in [6.45, 7) is 3.21. The lowest BCUT2D eigenvalue weighted by Gasteiger charge is -2.15. The fourth-order valence-corrected chi connectivity index (χ4v) is 7.52. The molecule has 0 aliphatic heterocycles. The molecule has 0 saturated heterocycles. The predicted octanol–water partition coefficient (Wildman–Crippen LogP) is 5.91. The molecular weight excluding hydrogens is 489 g/mol. The highest BCUT2D eigenvalue weighted by Crippen LogP contribution is 2.31. The number of carbonyl (C=O) groups is 4. The number of hydrogen-bond donors (Lipinski definition) is 0. The van der Waals surface area contributed by atoms with Crippen molar-refractivity contribution in [3.05, 3.63) is 0 Å². The smallest absolute Gasteiger partial charge is 0.305 e. The summed E-state index contributed by atoms with van der Waals surface area (Å²) in [7, 11) is 6.43. The minimum atomic E-state index is -0.183. The van der Waals surface area contributed by atoms with Crippen LogP contribution in [0, 0.1) is 0 Å². The Labute approximate surface area is 209 Å². The second-order valence-electron chi connectivity index (χ2n) is 7.33. The van der Waals surface area contributed by atoms with E-state index in [0.717, 1.165) is 62.9 Å². The van der Waals surface area contributed by atoms with E-state index >= 15 is 0 Å². The third-order valence-corrected chi connectivity index (χ3v) is 9.31. The summed E-state index contributed by atoms with van der Waals surface area (Å²) in [5.41, 5.74) is 0. The Morgan fingerprint density at radius 2 is 1.00 bits per heavy atom. The number of unbranched alkanes of at least 4 members (excludes halogenated alkanes) is 2. The molecule has 6 nitrogen and oxygen atoms in total. The van der Waals surface area contributed by atoms with Crippen molar-refractivity contribution in [2.75, 3.05) is 25.7 Å². The first-order chi connectivity index (χ1) is 15.3. The summed E-state index contributed by atoms with van der Waals surface area (Å²) >= 11 is 2.81. The highest BCUT2D eigenvalue weighted by atomic mass is 33.1. The summed E-state index contributed by atoms with van der Waals surface area (Å²) in [4.78, 5) is 45.4. The van der Waals surface area contributed by atoms with Crippen LogP contribution >= 0.6 is 45.1 Å². The van der Waals surface area contributed by atoms with E-state index in [1.807, 2.05) is 21.6 Å². The van der Waals surface area contributed by atoms with Crippen molar-refractivity contribution in [1.29, 1.82) is 0 Å². The third-order valence-electron chi connectivity index (χ3n) is 4.56. The molecule has 0 aliphatic rings. The van der Waals surface area contributed by atoms with Gasteiger partial charge in [-0.15, -0.1) is 0 Å². The molecular formula is C22H38O6S4. The fraction of sp³-hybridized carbons (Fsp3) is 0.818. The van der Waals surface area contributed by atoms with Gasteiger partial charge in [-0.3, -0.25) is 19.2 Å². The van der Waals surface area contributed by atoms with Crippen molar-refractivity contribution in [3.8, 4) is 0 Å². The maximum atomic E-state index is 11.5. The molecule has 0 saturated carbocycles. The SMILES string of the molecule is COC(=O)CCCCC(CCSSCCC(CCCCC(=O)OC)SC(C)=O)SC(C)=O. The van der Waals surface area contributed by atoms with E-state index < -0.39 is 0 Å². The molecule has 0 amide bonds. The first-order valence-electron chi connectivity index (χ1n) is 11.0. The number of hydrogen-bond acceptors (Lipinski definition) is 10. The fourth-order valence-electron chi connectivity index (χ4n) is 2.96. The Kier molecular flexibility index (Phi) is 21.0. The largest absolute Gasteiger partial charge is 0.469 e. The molecule has 0 rings (SSSR count). The molecule has 0 radical (unpaired) electrons. The Bertz CT molecular complexity index is 511. The van der Waals surface area contributed by atoms with E-state index in [1.165, 1.54) is 37.7 Å². The van der Waals surface area contributed by atoms with Crippen molar-refractivity contribution in [1.82, 2.24) is 0 Å². The van der Waals surface area contributed by atoms with Crippen LogP contribution in [0.3, 0.4) is 0 Å². The van der Waals surface area contributed by atoms with Gasteiger partial charge in [0.15, 0.2) is 10.2 Å². The minimum absolute atomic E-state index is 0.136. The lowest BCUT2D eigenvalue weighted by molar-refractivity contribution is -0.141. The molecule has 0 fully saturated rings. The quantitative estimate of drug-likeness (QED) is 0.115. The Morgan fingerprint density at radius 3 is 1.31 bits per heavy atom. The Hall–Kier alpha value is -0.320. The molecule has 0 heterocycles. The van der Waals surface area contributed by atoms with Crippen LogP contribution in [0.15, 0.2) is 0 Å². The van der Waals surface area contributed by atoms with Crippen LogP contribution in [0.5, 0.6) is 0 Å². The average Bonchev–Trinajstić information content (AvgIpc) is 2.74. The van der Waals surface area contributed by atoms with E-state index in [4.69, 9.17) is 0 Å². The monoisotopic (exact) mass is 526 g/mol. The molecule has 0 aromatic carbocycles. The van der Waals surface area contributed by atoms with Gasteiger partial charge in [0.25, 0.3) is 0 Å². The minimum Gasteiger partial charge on any atom is -0.469 e. The zero-order chi connectivity index (χ0) is 24.2. The van der Waals surface area contributed by atoms with E-state index in [9.17, 15) is 19.2 Å².